The molecule has 2 aliphatic rings. The van der Waals surface area contributed by atoms with Crippen molar-refractivity contribution in [1.82, 2.24) is 10.2 Å². The molecule has 3 atom stereocenters. The number of hydrogen-bond acceptors (Lipinski definition) is 4. The number of nitrogens with zero attached hydrogens (tertiary/aromatic N) is 1. The van der Waals surface area contributed by atoms with Crippen molar-refractivity contribution in [3.63, 3.8) is 0 Å². The van der Waals surface area contributed by atoms with E-state index in [1.165, 1.54) is 0 Å². The van der Waals surface area contributed by atoms with E-state index in [2.05, 4.69) is 5.32 Å². The van der Waals surface area contributed by atoms with Gasteiger partial charge >= 0.3 is 0 Å². The maximum atomic E-state index is 12.4. The Kier molecular flexibility index (Phi) is 3.30. The molecule has 2 heterocycles. The first-order valence-electron chi connectivity index (χ1n) is 6.81. The van der Waals surface area contributed by atoms with Gasteiger partial charge in [-0.25, -0.2) is 8.42 Å². The van der Waals surface area contributed by atoms with Crippen molar-refractivity contribution >= 4 is 15.7 Å². The molecule has 0 radical (unpaired) electrons. The predicted molar refractivity (Wildman–Crippen MR) is 75.7 cm³/mol. The van der Waals surface area contributed by atoms with Gasteiger partial charge in [0.25, 0.3) is 0 Å². The van der Waals surface area contributed by atoms with Gasteiger partial charge in [-0.3, -0.25) is 10.1 Å². The first kappa shape index (κ1) is 13.6. The van der Waals surface area contributed by atoms with Crippen molar-refractivity contribution < 1.29 is 13.2 Å². The second-order valence-corrected chi connectivity index (χ2v) is 7.73. The standard InChI is InChI=1S/C14H18N2O3S/c1-10-14(17)16(12-7-8-20(18,19)9-12)13(15-10)11-5-3-2-4-6-11/h2-6,10,12-13,15H,7-9H2,1H3. The van der Waals surface area contributed by atoms with Crippen LogP contribution in [0.1, 0.15) is 25.1 Å². The van der Waals surface area contributed by atoms with E-state index in [0.717, 1.165) is 5.56 Å². The van der Waals surface area contributed by atoms with E-state index in [1.807, 2.05) is 37.3 Å². The molecular weight excluding hydrogens is 276 g/mol. The van der Waals surface area contributed by atoms with Gasteiger partial charge in [-0.15, -0.1) is 0 Å². The normalized spacial score (nSPS) is 32.8. The summed E-state index contributed by atoms with van der Waals surface area (Å²) < 4.78 is 23.3. The van der Waals surface area contributed by atoms with Crippen LogP contribution in [0.15, 0.2) is 30.3 Å². The number of carbonyl (C=O) groups excluding carboxylic acids is 1. The fraction of sp³-hybridized carbons (Fsp3) is 0.500. The van der Waals surface area contributed by atoms with Gasteiger partial charge in [-0.2, -0.15) is 0 Å². The number of hydrogen-bond donors (Lipinski definition) is 1. The van der Waals surface area contributed by atoms with Crippen LogP contribution in [0, 0.1) is 0 Å². The summed E-state index contributed by atoms with van der Waals surface area (Å²) in [7, 11) is -3.00. The van der Waals surface area contributed by atoms with Gasteiger partial charge in [0, 0.05) is 6.04 Å². The van der Waals surface area contributed by atoms with Crippen LogP contribution in [-0.4, -0.2) is 42.8 Å². The molecular formula is C14H18N2O3S. The fourth-order valence-electron chi connectivity index (χ4n) is 3.02. The summed E-state index contributed by atoms with van der Waals surface area (Å²) in [6, 6.07) is 9.20. The summed E-state index contributed by atoms with van der Waals surface area (Å²) in [6.07, 6.45) is 0.309. The molecule has 2 aliphatic heterocycles. The molecule has 0 bridgehead atoms. The van der Waals surface area contributed by atoms with Crippen LogP contribution in [0.5, 0.6) is 0 Å². The molecule has 1 amide bonds. The van der Waals surface area contributed by atoms with Crippen LogP contribution in [0.3, 0.4) is 0 Å². The quantitative estimate of drug-likeness (QED) is 0.871. The smallest absolute Gasteiger partial charge is 0.241 e. The minimum absolute atomic E-state index is 0.0130. The summed E-state index contributed by atoms with van der Waals surface area (Å²) in [6.45, 7) is 1.82. The Morgan fingerprint density at radius 1 is 1.25 bits per heavy atom. The Bertz CT molecular complexity index is 615. The number of rotatable bonds is 2. The van der Waals surface area contributed by atoms with E-state index < -0.39 is 9.84 Å². The van der Waals surface area contributed by atoms with Crippen molar-refractivity contribution in [2.75, 3.05) is 11.5 Å². The Hall–Kier alpha value is -1.40. The molecule has 2 fully saturated rings. The van der Waals surface area contributed by atoms with Crippen LogP contribution in [0.4, 0.5) is 0 Å². The van der Waals surface area contributed by atoms with Gasteiger partial charge in [0.15, 0.2) is 9.84 Å². The van der Waals surface area contributed by atoms with Gasteiger partial charge in [0.1, 0.15) is 6.17 Å². The van der Waals surface area contributed by atoms with Crippen LogP contribution in [0.2, 0.25) is 0 Å². The summed E-state index contributed by atoms with van der Waals surface area (Å²) in [4.78, 5) is 14.1. The van der Waals surface area contributed by atoms with E-state index in [-0.39, 0.29) is 35.7 Å². The summed E-state index contributed by atoms with van der Waals surface area (Å²) in [5.74, 6) is 0.245. The van der Waals surface area contributed by atoms with E-state index in [0.29, 0.717) is 6.42 Å². The second-order valence-electron chi connectivity index (χ2n) is 5.50. The number of carbonyl (C=O) groups is 1. The topological polar surface area (TPSA) is 66.5 Å². The summed E-state index contributed by atoms with van der Waals surface area (Å²) in [5.41, 5.74) is 0.995. The van der Waals surface area contributed by atoms with E-state index in [1.54, 1.807) is 4.90 Å². The molecule has 3 unspecified atom stereocenters. The lowest BCUT2D eigenvalue weighted by atomic mass is 10.1. The lowest BCUT2D eigenvalue weighted by Gasteiger charge is -2.29. The first-order chi connectivity index (χ1) is 9.48. The molecule has 0 aromatic heterocycles. The molecule has 108 valence electrons. The summed E-state index contributed by atoms with van der Waals surface area (Å²) >= 11 is 0. The van der Waals surface area contributed by atoms with Crippen molar-refractivity contribution in [3.05, 3.63) is 35.9 Å². The highest BCUT2D eigenvalue weighted by atomic mass is 32.2. The van der Waals surface area contributed by atoms with Gasteiger partial charge < -0.3 is 4.90 Å². The van der Waals surface area contributed by atoms with Crippen LogP contribution in [-0.2, 0) is 14.6 Å². The number of sulfone groups is 1. The number of nitrogens with one attached hydrogen (secondary N) is 1. The largest absolute Gasteiger partial charge is 0.318 e. The lowest BCUT2D eigenvalue weighted by Crippen LogP contribution is -2.40. The predicted octanol–water partition coefficient (Wildman–Crippen LogP) is 0.693. The third-order valence-electron chi connectivity index (χ3n) is 4.03. The molecule has 5 nitrogen and oxygen atoms in total. The molecule has 20 heavy (non-hydrogen) atoms. The van der Waals surface area contributed by atoms with E-state index in [9.17, 15) is 13.2 Å². The molecule has 2 saturated heterocycles. The van der Waals surface area contributed by atoms with Crippen molar-refractivity contribution in [3.8, 4) is 0 Å². The Morgan fingerprint density at radius 3 is 2.55 bits per heavy atom. The maximum absolute atomic E-state index is 12.4. The van der Waals surface area contributed by atoms with Crippen LogP contribution in [0.25, 0.3) is 0 Å². The average Bonchev–Trinajstić information content (AvgIpc) is 2.92. The zero-order valence-electron chi connectivity index (χ0n) is 11.3. The van der Waals surface area contributed by atoms with Crippen LogP contribution < -0.4 is 5.32 Å². The van der Waals surface area contributed by atoms with E-state index in [4.69, 9.17) is 0 Å². The average molecular weight is 294 g/mol. The fourth-order valence-corrected chi connectivity index (χ4v) is 4.73. The number of amides is 1. The highest BCUT2D eigenvalue weighted by Crippen LogP contribution is 2.31. The second kappa shape index (κ2) is 4.86. The van der Waals surface area contributed by atoms with E-state index >= 15 is 0 Å². The molecule has 6 heteroatoms. The third kappa shape index (κ3) is 2.33. The molecule has 0 aliphatic carbocycles. The van der Waals surface area contributed by atoms with Gasteiger partial charge in [-0.05, 0) is 18.9 Å². The Balaban J connectivity index is 1.92. The monoisotopic (exact) mass is 294 g/mol. The van der Waals surface area contributed by atoms with Crippen LogP contribution >= 0.6 is 0 Å². The minimum atomic E-state index is -3.00. The molecule has 1 aromatic rings. The Labute approximate surface area is 118 Å². The zero-order chi connectivity index (χ0) is 14.3. The van der Waals surface area contributed by atoms with Crippen molar-refractivity contribution in [1.29, 1.82) is 0 Å². The SMILES string of the molecule is CC1NC(c2ccccc2)N(C2CCS(=O)(=O)C2)C1=O. The highest BCUT2D eigenvalue weighted by Gasteiger charge is 2.44. The lowest BCUT2D eigenvalue weighted by molar-refractivity contribution is -0.131. The van der Waals surface area contributed by atoms with Crippen molar-refractivity contribution in [2.45, 2.75) is 31.6 Å². The van der Waals surface area contributed by atoms with Gasteiger partial charge in [-0.1, -0.05) is 30.3 Å². The highest BCUT2D eigenvalue weighted by molar-refractivity contribution is 7.91. The first-order valence-corrected chi connectivity index (χ1v) is 8.64. The molecule has 0 spiro atoms. The van der Waals surface area contributed by atoms with Gasteiger partial charge in [0.2, 0.25) is 5.91 Å². The molecule has 0 saturated carbocycles. The molecule has 3 rings (SSSR count). The molecule has 1 N–H and O–H groups in total. The van der Waals surface area contributed by atoms with Crippen molar-refractivity contribution in [2.24, 2.45) is 0 Å². The maximum Gasteiger partial charge on any atom is 0.241 e. The van der Waals surface area contributed by atoms with Gasteiger partial charge in [0.05, 0.1) is 17.5 Å². The Morgan fingerprint density at radius 2 is 1.95 bits per heavy atom. The third-order valence-corrected chi connectivity index (χ3v) is 5.78. The molecule has 1 aromatic carbocycles. The summed E-state index contributed by atoms with van der Waals surface area (Å²) in [5, 5.41) is 3.26. The minimum Gasteiger partial charge on any atom is -0.318 e. The number of benzene rings is 1. The zero-order valence-corrected chi connectivity index (χ0v) is 12.1.